The SMILES string of the molecule is CC1CCN(CC(=O)NCc2ccc(Cl)cc2Cl)CC1. The van der Waals surface area contributed by atoms with Crippen LogP contribution in [0.4, 0.5) is 0 Å². The molecule has 110 valence electrons. The predicted molar refractivity (Wildman–Crippen MR) is 83.1 cm³/mol. The summed E-state index contributed by atoms with van der Waals surface area (Å²) >= 11 is 11.9. The summed E-state index contributed by atoms with van der Waals surface area (Å²) in [6.07, 6.45) is 2.35. The standard InChI is InChI=1S/C15H20Cl2N2O/c1-11-4-6-19(7-5-11)10-15(20)18-9-12-2-3-13(16)8-14(12)17/h2-3,8,11H,4-7,9-10H2,1H3,(H,18,20). The molecule has 3 nitrogen and oxygen atoms in total. The van der Waals surface area contributed by atoms with Crippen LogP contribution in [-0.4, -0.2) is 30.4 Å². The molecule has 1 aliphatic rings. The zero-order valence-corrected chi connectivity index (χ0v) is 13.2. The maximum Gasteiger partial charge on any atom is 0.234 e. The second-order valence-corrected chi connectivity index (χ2v) is 6.31. The second kappa shape index (κ2) is 7.30. The molecular weight excluding hydrogens is 295 g/mol. The van der Waals surface area contributed by atoms with Crippen molar-refractivity contribution >= 4 is 29.1 Å². The number of nitrogens with one attached hydrogen (secondary N) is 1. The van der Waals surface area contributed by atoms with Crippen molar-refractivity contribution < 1.29 is 4.79 Å². The van der Waals surface area contributed by atoms with E-state index in [0.29, 0.717) is 23.1 Å². The lowest BCUT2D eigenvalue weighted by molar-refractivity contribution is -0.122. The second-order valence-electron chi connectivity index (χ2n) is 5.47. The Bertz CT molecular complexity index is 471. The van der Waals surface area contributed by atoms with Gasteiger partial charge in [0, 0.05) is 16.6 Å². The lowest BCUT2D eigenvalue weighted by Crippen LogP contribution is -2.41. The number of carbonyl (C=O) groups excluding carboxylic acids is 1. The quantitative estimate of drug-likeness (QED) is 0.924. The Kier molecular flexibility index (Phi) is 5.70. The van der Waals surface area contributed by atoms with Crippen LogP contribution < -0.4 is 5.32 Å². The van der Waals surface area contributed by atoms with Crippen LogP contribution in [0, 0.1) is 5.92 Å². The summed E-state index contributed by atoms with van der Waals surface area (Å²) in [4.78, 5) is 14.1. The highest BCUT2D eigenvalue weighted by atomic mass is 35.5. The molecule has 1 fully saturated rings. The monoisotopic (exact) mass is 314 g/mol. The number of likely N-dealkylation sites (tertiary alicyclic amines) is 1. The van der Waals surface area contributed by atoms with Crippen molar-refractivity contribution in [3.63, 3.8) is 0 Å². The molecule has 0 spiro atoms. The van der Waals surface area contributed by atoms with E-state index in [0.717, 1.165) is 24.6 Å². The number of nitrogens with zero attached hydrogens (tertiary/aromatic N) is 1. The summed E-state index contributed by atoms with van der Waals surface area (Å²) in [6.45, 7) is 5.20. The number of halogens is 2. The molecule has 2 rings (SSSR count). The predicted octanol–water partition coefficient (Wildman–Crippen LogP) is 3.34. The highest BCUT2D eigenvalue weighted by Crippen LogP contribution is 2.20. The van der Waals surface area contributed by atoms with Gasteiger partial charge in [-0.1, -0.05) is 36.2 Å². The van der Waals surface area contributed by atoms with E-state index < -0.39 is 0 Å². The molecule has 0 radical (unpaired) electrons. The fraction of sp³-hybridized carbons (Fsp3) is 0.533. The summed E-state index contributed by atoms with van der Waals surface area (Å²) in [5.41, 5.74) is 0.886. The van der Waals surface area contributed by atoms with E-state index in [2.05, 4.69) is 17.1 Å². The molecule has 5 heteroatoms. The van der Waals surface area contributed by atoms with Crippen LogP contribution in [0.25, 0.3) is 0 Å². The van der Waals surface area contributed by atoms with E-state index in [9.17, 15) is 4.79 Å². The van der Waals surface area contributed by atoms with Crippen molar-refractivity contribution in [1.29, 1.82) is 0 Å². The molecular formula is C15H20Cl2N2O. The van der Waals surface area contributed by atoms with Gasteiger partial charge in [0.1, 0.15) is 0 Å². The van der Waals surface area contributed by atoms with Crippen molar-refractivity contribution in [3.8, 4) is 0 Å². The summed E-state index contributed by atoms with van der Waals surface area (Å²) in [7, 11) is 0. The molecule has 0 saturated carbocycles. The largest absolute Gasteiger partial charge is 0.351 e. The van der Waals surface area contributed by atoms with Crippen LogP contribution in [0.15, 0.2) is 18.2 Å². The first kappa shape index (κ1) is 15.6. The first-order chi connectivity index (χ1) is 9.54. The van der Waals surface area contributed by atoms with E-state index in [1.54, 1.807) is 12.1 Å². The number of carbonyl (C=O) groups is 1. The van der Waals surface area contributed by atoms with E-state index in [-0.39, 0.29) is 5.91 Å². The van der Waals surface area contributed by atoms with E-state index in [1.807, 2.05) is 6.07 Å². The fourth-order valence-electron chi connectivity index (χ4n) is 2.34. The highest BCUT2D eigenvalue weighted by Gasteiger charge is 2.17. The molecule has 1 saturated heterocycles. The molecule has 20 heavy (non-hydrogen) atoms. The lowest BCUT2D eigenvalue weighted by Gasteiger charge is -2.29. The van der Waals surface area contributed by atoms with Crippen LogP contribution in [0.2, 0.25) is 10.0 Å². The molecule has 1 aromatic carbocycles. The Morgan fingerprint density at radius 1 is 1.35 bits per heavy atom. The molecule has 1 heterocycles. The van der Waals surface area contributed by atoms with Crippen LogP contribution in [0.5, 0.6) is 0 Å². The first-order valence-corrected chi connectivity index (χ1v) is 7.73. The topological polar surface area (TPSA) is 32.3 Å². The first-order valence-electron chi connectivity index (χ1n) is 6.97. The molecule has 0 aromatic heterocycles. The number of rotatable bonds is 4. The number of amides is 1. The number of hydrogen-bond donors (Lipinski definition) is 1. The zero-order chi connectivity index (χ0) is 14.5. The van der Waals surface area contributed by atoms with Gasteiger partial charge in [-0.05, 0) is 49.5 Å². The molecule has 0 atom stereocenters. The van der Waals surface area contributed by atoms with Gasteiger partial charge in [0.25, 0.3) is 0 Å². The zero-order valence-electron chi connectivity index (χ0n) is 11.7. The minimum atomic E-state index is 0.0468. The van der Waals surface area contributed by atoms with Gasteiger partial charge >= 0.3 is 0 Å². The minimum Gasteiger partial charge on any atom is -0.351 e. The van der Waals surface area contributed by atoms with Crippen molar-refractivity contribution in [1.82, 2.24) is 10.2 Å². The lowest BCUT2D eigenvalue weighted by atomic mass is 9.99. The van der Waals surface area contributed by atoms with Crippen molar-refractivity contribution in [2.24, 2.45) is 5.92 Å². The summed E-state index contributed by atoms with van der Waals surface area (Å²) < 4.78 is 0. The van der Waals surface area contributed by atoms with Gasteiger partial charge in [-0.25, -0.2) is 0 Å². The fourth-order valence-corrected chi connectivity index (χ4v) is 2.81. The third-order valence-electron chi connectivity index (χ3n) is 3.73. The number of benzene rings is 1. The Morgan fingerprint density at radius 2 is 2.05 bits per heavy atom. The highest BCUT2D eigenvalue weighted by molar-refractivity contribution is 6.35. The van der Waals surface area contributed by atoms with Gasteiger partial charge in [0.15, 0.2) is 0 Å². The van der Waals surface area contributed by atoms with Crippen LogP contribution in [0.1, 0.15) is 25.3 Å². The smallest absolute Gasteiger partial charge is 0.234 e. The molecule has 1 N–H and O–H groups in total. The Hall–Kier alpha value is -0.770. The Morgan fingerprint density at radius 3 is 2.70 bits per heavy atom. The van der Waals surface area contributed by atoms with Crippen molar-refractivity contribution in [2.75, 3.05) is 19.6 Å². The number of hydrogen-bond acceptors (Lipinski definition) is 2. The van der Waals surface area contributed by atoms with Crippen molar-refractivity contribution in [2.45, 2.75) is 26.3 Å². The molecule has 0 aliphatic carbocycles. The van der Waals surface area contributed by atoms with Crippen LogP contribution in [0.3, 0.4) is 0 Å². The maximum atomic E-state index is 11.9. The molecule has 0 unspecified atom stereocenters. The van der Waals surface area contributed by atoms with Gasteiger partial charge in [-0.3, -0.25) is 9.69 Å². The maximum absolute atomic E-state index is 11.9. The third kappa shape index (κ3) is 4.65. The average molecular weight is 315 g/mol. The third-order valence-corrected chi connectivity index (χ3v) is 4.32. The summed E-state index contributed by atoms with van der Waals surface area (Å²) in [5.74, 6) is 0.827. The van der Waals surface area contributed by atoms with E-state index in [4.69, 9.17) is 23.2 Å². The molecule has 1 amide bonds. The molecule has 1 aliphatic heterocycles. The van der Waals surface area contributed by atoms with Crippen LogP contribution in [-0.2, 0) is 11.3 Å². The summed E-state index contributed by atoms with van der Waals surface area (Å²) in [6, 6.07) is 5.31. The normalized spacial score (nSPS) is 17.1. The van der Waals surface area contributed by atoms with Gasteiger partial charge in [-0.2, -0.15) is 0 Å². The molecule has 1 aromatic rings. The van der Waals surface area contributed by atoms with Gasteiger partial charge in [0.05, 0.1) is 6.54 Å². The van der Waals surface area contributed by atoms with Gasteiger partial charge in [-0.15, -0.1) is 0 Å². The number of piperidine rings is 1. The average Bonchev–Trinajstić information content (AvgIpc) is 2.40. The van der Waals surface area contributed by atoms with Gasteiger partial charge < -0.3 is 5.32 Å². The van der Waals surface area contributed by atoms with E-state index >= 15 is 0 Å². The Labute approximate surface area is 130 Å². The minimum absolute atomic E-state index is 0.0468. The molecule has 0 bridgehead atoms. The van der Waals surface area contributed by atoms with Gasteiger partial charge in [0.2, 0.25) is 5.91 Å². The van der Waals surface area contributed by atoms with Crippen LogP contribution >= 0.6 is 23.2 Å². The van der Waals surface area contributed by atoms with Crippen molar-refractivity contribution in [3.05, 3.63) is 33.8 Å². The van der Waals surface area contributed by atoms with E-state index in [1.165, 1.54) is 12.8 Å². The summed E-state index contributed by atoms with van der Waals surface area (Å²) in [5, 5.41) is 4.10. The Balaban J connectivity index is 1.77.